The summed E-state index contributed by atoms with van der Waals surface area (Å²) < 4.78 is 70.0. The number of rotatable bonds is 5. The van der Waals surface area contributed by atoms with Crippen LogP contribution in [0.4, 0.5) is 27.6 Å². The second-order valence-electron chi connectivity index (χ2n) is 7.65. The zero-order valence-corrected chi connectivity index (χ0v) is 16.5. The van der Waals surface area contributed by atoms with Crippen molar-refractivity contribution in [2.75, 3.05) is 12.3 Å². The monoisotopic (exact) mass is 463 g/mol. The number of nitrogens with two attached hydrogens (primary N) is 1. The molecule has 0 spiro atoms. The Morgan fingerprint density at radius 2 is 1.50 bits per heavy atom. The molecule has 0 aromatic heterocycles. The van der Waals surface area contributed by atoms with E-state index in [1.165, 1.54) is 18.2 Å². The molecule has 11 heteroatoms. The Labute approximate surface area is 179 Å². The minimum absolute atomic E-state index is 0.0783. The van der Waals surface area contributed by atoms with Crippen molar-refractivity contribution < 1.29 is 47.1 Å². The maximum atomic E-state index is 13.5. The first kappa shape index (κ1) is 24.3. The molecule has 0 aliphatic carbocycles. The molecule has 2 aromatic carbocycles. The predicted molar refractivity (Wildman–Crippen MR) is 103 cm³/mol. The van der Waals surface area contributed by atoms with Crippen LogP contribution >= 0.6 is 0 Å². The van der Waals surface area contributed by atoms with Crippen molar-refractivity contribution in [2.45, 2.75) is 49.0 Å². The van der Waals surface area contributed by atoms with Crippen LogP contribution in [0.25, 0.3) is 0 Å². The minimum Gasteiger partial charge on any atom is -0.398 e. The van der Waals surface area contributed by atoms with E-state index in [-0.39, 0.29) is 6.42 Å². The van der Waals surface area contributed by atoms with E-state index in [4.69, 9.17) is 10.5 Å². The molecule has 0 unspecified atom stereocenters. The summed E-state index contributed by atoms with van der Waals surface area (Å²) in [6, 6.07) is 8.18. The average Bonchev–Trinajstić information content (AvgIpc) is 2.74. The van der Waals surface area contributed by atoms with Gasteiger partial charge in [0, 0.05) is 11.3 Å². The number of benzene rings is 2. The van der Waals surface area contributed by atoms with Crippen LogP contribution in [-0.2, 0) is 17.1 Å². The quantitative estimate of drug-likeness (QED) is 0.342. The Bertz CT molecular complexity index is 935. The lowest BCUT2D eigenvalue weighted by Gasteiger charge is -2.40. The van der Waals surface area contributed by atoms with E-state index in [0.717, 1.165) is 12.1 Å². The zero-order valence-electron chi connectivity index (χ0n) is 16.5. The Morgan fingerprint density at radius 3 is 2.06 bits per heavy atom. The van der Waals surface area contributed by atoms with Crippen molar-refractivity contribution >= 4 is 5.69 Å². The van der Waals surface area contributed by atoms with Crippen molar-refractivity contribution in [3.63, 3.8) is 0 Å². The van der Waals surface area contributed by atoms with E-state index in [2.05, 4.69) is 0 Å². The highest BCUT2D eigenvalue weighted by molar-refractivity contribution is 5.51. The molecule has 176 valence electrons. The Kier molecular flexibility index (Phi) is 6.78. The first-order chi connectivity index (χ1) is 14.9. The molecule has 6 nitrogen and oxygen atoms in total. The van der Waals surface area contributed by atoms with Crippen LogP contribution in [0.1, 0.15) is 28.4 Å². The summed E-state index contributed by atoms with van der Waals surface area (Å²) in [4.78, 5) is 0. The van der Waals surface area contributed by atoms with Gasteiger partial charge in [0.25, 0.3) is 0 Å². The summed E-state index contributed by atoms with van der Waals surface area (Å²) in [5.74, 6) is -4.98. The van der Waals surface area contributed by atoms with Crippen molar-refractivity contribution in [3.05, 3.63) is 64.7 Å². The molecule has 3 rings (SSSR count). The molecule has 1 fully saturated rings. The highest BCUT2D eigenvalue weighted by Gasteiger charge is 2.58. The third-order valence-corrected chi connectivity index (χ3v) is 5.45. The maximum absolute atomic E-state index is 13.5. The van der Waals surface area contributed by atoms with Crippen LogP contribution in [0.5, 0.6) is 0 Å². The largest absolute Gasteiger partial charge is 0.458 e. The van der Waals surface area contributed by atoms with Gasteiger partial charge in [-0.05, 0) is 29.2 Å². The second kappa shape index (κ2) is 8.91. The fourth-order valence-corrected chi connectivity index (χ4v) is 3.55. The van der Waals surface area contributed by atoms with Gasteiger partial charge in [0.2, 0.25) is 0 Å². The van der Waals surface area contributed by atoms with Crippen molar-refractivity contribution in [1.29, 1.82) is 0 Å². The van der Waals surface area contributed by atoms with Crippen LogP contribution in [0, 0.1) is 0 Å². The molecule has 0 bridgehead atoms. The van der Waals surface area contributed by atoms with E-state index in [1.807, 2.05) is 0 Å². The zero-order chi connectivity index (χ0) is 23.8. The number of halogens is 5. The van der Waals surface area contributed by atoms with Gasteiger partial charge in [0.1, 0.15) is 30.5 Å². The minimum atomic E-state index is -5.71. The van der Waals surface area contributed by atoms with Gasteiger partial charge in [-0.2, -0.15) is 22.0 Å². The van der Waals surface area contributed by atoms with Gasteiger partial charge >= 0.3 is 12.1 Å². The fraction of sp³-hybridized carbons (Fsp3) is 0.429. The molecule has 2 aromatic rings. The Balaban J connectivity index is 1.84. The van der Waals surface area contributed by atoms with E-state index >= 15 is 0 Å². The Morgan fingerprint density at radius 1 is 0.875 bits per heavy atom. The van der Waals surface area contributed by atoms with Crippen LogP contribution in [-0.4, -0.2) is 57.6 Å². The highest BCUT2D eigenvalue weighted by Crippen LogP contribution is 2.43. The van der Waals surface area contributed by atoms with Gasteiger partial charge in [0.05, 0.1) is 6.61 Å². The molecule has 1 aliphatic heterocycles. The van der Waals surface area contributed by atoms with Gasteiger partial charge < -0.3 is 30.9 Å². The van der Waals surface area contributed by atoms with E-state index in [0.29, 0.717) is 34.5 Å². The summed E-state index contributed by atoms with van der Waals surface area (Å²) in [6.07, 6.45) is -12.4. The number of alkyl halides is 5. The molecule has 0 amide bonds. The molecule has 1 aliphatic rings. The third kappa shape index (κ3) is 4.57. The summed E-state index contributed by atoms with van der Waals surface area (Å²) in [6.45, 7) is -0.599. The lowest BCUT2D eigenvalue weighted by atomic mass is 9.89. The van der Waals surface area contributed by atoms with Gasteiger partial charge in [-0.25, -0.2) is 0 Å². The molecule has 5 atom stereocenters. The summed E-state index contributed by atoms with van der Waals surface area (Å²) in [7, 11) is 0. The van der Waals surface area contributed by atoms with Crippen LogP contribution in [0.2, 0.25) is 0 Å². The third-order valence-electron chi connectivity index (χ3n) is 5.45. The number of nitrogen functional groups attached to an aromatic ring is 1. The second-order valence-corrected chi connectivity index (χ2v) is 7.65. The number of aliphatic hydroxyl groups is 4. The summed E-state index contributed by atoms with van der Waals surface area (Å²) >= 11 is 0. The molecule has 0 radical (unpaired) electrons. The number of hydrogen-bond acceptors (Lipinski definition) is 6. The fourth-order valence-electron chi connectivity index (χ4n) is 3.55. The topological polar surface area (TPSA) is 116 Å². The Hall–Kier alpha value is -2.31. The van der Waals surface area contributed by atoms with E-state index < -0.39 is 54.8 Å². The summed E-state index contributed by atoms with van der Waals surface area (Å²) in [5.41, 5.74) is 6.31. The molecular formula is C21H22F5NO5. The van der Waals surface area contributed by atoms with Gasteiger partial charge in [0.15, 0.2) is 0 Å². The molecule has 1 heterocycles. The normalized spacial score (nSPS) is 26.8. The maximum Gasteiger partial charge on any atom is 0.458 e. The highest BCUT2D eigenvalue weighted by atomic mass is 19.4. The molecule has 1 saturated heterocycles. The lowest BCUT2D eigenvalue weighted by molar-refractivity contribution is -0.289. The number of anilines is 1. The van der Waals surface area contributed by atoms with Gasteiger partial charge in [-0.15, -0.1) is 0 Å². The van der Waals surface area contributed by atoms with Gasteiger partial charge in [-0.1, -0.05) is 36.4 Å². The average molecular weight is 463 g/mol. The first-order valence-electron chi connectivity index (χ1n) is 9.59. The van der Waals surface area contributed by atoms with Crippen molar-refractivity contribution in [2.24, 2.45) is 0 Å². The number of ether oxygens (including phenoxy) is 1. The number of hydrogen-bond donors (Lipinski definition) is 5. The van der Waals surface area contributed by atoms with Gasteiger partial charge in [-0.3, -0.25) is 0 Å². The molecule has 32 heavy (non-hydrogen) atoms. The van der Waals surface area contributed by atoms with Crippen LogP contribution in [0.3, 0.4) is 0 Å². The molecule has 0 saturated carbocycles. The van der Waals surface area contributed by atoms with Crippen molar-refractivity contribution in [3.8, 4) is 0 Å². The molecule has 6 N–H and O–H groups in total. The van der Waals surface area contributed by atoms with E-state index in [1.54, 1.807) is 0 Å². The van der Waals surface area contributed by atoms with E-state index in [9.17, 15) is 42.4 Å². The smallest absolute Gasteiger partial charge is 0.398 e. The first-order valence-corrected chi connectivity index (χ1v) is 9.59. The van der Waals surface area contributed by atoms with Crippen LogP contribution in [0.15, 0.2) is 42.5 Å². The number of aliphatic hydroxyl groups excluding tert-OH is 4. The molecular weight excluding hydrogens is 441 g/mol. The van der Waals surface area contributed by atoms with Crippen LogP contribution < -0.4 is 5.73 Å². The summed E-state index contributed by atoms with van der Waals surface area (Å²) in [5, 5.41) is 39.5. The predicted octanol–water partition coefficient (Wildman–Crippen LogP) is 2.03. The lowest BCUT2D eigenvalue weighted by Crippen LogP contribution is -2.55. The van der Waals surface area contributed by atoms with Crippen molar-refractivity contribution in [1.82, 2.24) is 0 Å². The SMILES string of the molecule is Nc1ccc([C@@H]2O[C@H](CO)[C@@H](O)[C@H](O)[C@H]2O)cc1Cc1ccc(C(F)(F)C(F)(F)F)cc1. The standard InChI is InChI=1S/C21H22F5NO5/c22-20(23,21(24,25)26)13-4-1-10(2-5-13)7-12-8-11(3-6-14(12)27)19-18(31)17(30)16(29)15(9-28)32-19/h1-6,8,15-19,28-31H,7,9,27H2/t15-,16-,17+,18-,19+/m1/s1.